The molecule has 0 saturated heterocycles. The molecule has 0 radical (unpaired) electrons. The molecule has 0 aliphatic rings. The number of aryl methyl sites for hydroxylation is 1. The number of aromatic hydroxyl groups is 1. The number of methoxy groups -OCH3 is 1. The van der Waals surface area contributed by atoms with E-state index in [4.69, 9.17) is 9.84 Å². The van der Waals surface area contributed by atoms with Crippen molar-refractivity contribution in [1.29, 1.82) is 0 Å². The van der Waals surface area contributed by atoms with Gasteiger partial charge in [0.15, 0.2) is 11.5 Å². The minimum atomic E-state index is -1.13. The maximum absolute atomic E-state index is 13.4. The van der Waals surface area contributed by atoms with E-state index in [1.165, 1.54) is 13.2 Å². The molecule has 0 heterocycles. The fraction of sp³-hybridized carbons (Fsp3) is 0.300. The van der Waals surface area contributed by atoms with Crippen molar-refractivity contribution in [2.45, 2.75) is 13.3 Å². The molecule has 15 heavy (non-hydrogen) atoms. The summed E-state index contributed by atoms with van der Waals surface area (Å²) in [6, 6.07) is 1.39. The average molecular weight is 214 g/mol. The van der Waals surface area contributed by atoms with Crippen molar-refractivity contribution in [3.63, 3.8) is 0 Å². The van der Waals surface area contributed by atoms with Gasteiger partial charge in [-0.3, -0.25) is 4.79 Å². The van der Waals surface area contributed by atoms with E-state index in [0.717, 1.165) is 0 Å². The number of benzene rings is 1. The number of carboxylic acid groups (broad SMARTS) is 1. The van der Waals surface area contributed by atoms with E-state index in [1.54, 1.807) is 6.92 Å². The molecule has 5 heteroatoms. The quantitative estimate of drug-likeness (QED) is 0.799. The van der Waals surface area contributed by atoms with Gasteiger partial charge < -0.3 is 14.9 Å². The molecule has 4 nitrogen and oxygen atoms in total. The summed E-state index contributed by atoms with van der Waals surface area (Å²) in [5.41, 5.74) is 0.488. The molecule has 0 amide bonds. The number of phenols is 1. The Kier molecular flexibility index (Phi) is 3.14. The molecule has 1 aromatic carbocycles. The zero-order valence-electron chi connectivity index (χ0n) is 8.37. The number of aliphatic carboxylic acids is 1. The smallest absolute Gasteiger partial charge is 0.307 e. The highest BCUT2D eigenvalue weighted by molar-refractivity contribution is 5.71. The standard InChI is InChI=1S/C10H11FO4/c1-5-3-6(4-7(12)13)9(14)8(11)10(5)15-2/h3,14H,4H2,1-2H3,(H,12,13). The lowest BCUT2D eigenvalue weighted by Crippen LogP contribution is -2.03. The molecule has 0 aliphatic carbocycles. The molecule has 0 unspecified atom stereocenters. The second-order valence-electron chi connectivity index (χ2n) is 3.12. The second kappa shape index (κ2) is 4.16. The van der Waals surface area contributed by atoms with E-state index in [1.807, 2.05) is 0 Å². The van der Waals surface area contributed by atoms with E-state index in [2.05, 4.69) is 0 Å². The van der Waals surface area contributed by atoms with Gasteiger partial charge in [-0.1, -0.05) is 0 Å². The number of carbonyl (C=O) groups is 1. The van der Waals surface area contributed by atoms with Crippen LogP contribution in [-0.2, 0) is 11.2 Å². The van der Waals surface area contributed by atoms with E-state index in [-0.39, 0.29) is 11.3 Å². The molecular formula is C10H11FO4. The van der Waals surface area contributed by atoms with Gasteiger partial charge in [0.05, 0.1) is 13.5 Å². The molecule has 0 bridgehead atoms. The van der Waals surface area contributed by atoms with Crippen LogP contribution < -0.4 is 4.74 Å². The van der Waals surface area contributed by atoms with Crippen LogP contribution in [0.1, 0.15) is 11.1 Å². The number of hydrogen-bond donors (Lipinski definition) is 2. The third-order valence-electron chi connectivity index (χ3n) is 2.01. The van der Waals surface area contributed by atoms with Crippen molar-refractivity contribution < 1.29 is 24.1 Å². The summed E-state index contributed by atoms with van der Waals surface area (Å²) < 4.78 is 18.1. The van der Waals surface area contributed by atoms with Crippen molar-refractivity contribution in [3.05, 3.63) is 23.0 Å². The molecule has 0 spiro atoms. The predicted octanol–water partition coefficient (Wildman–Crippen LogP) is 1.48. The number of ether oxygens (including phenoxy) is 1. The molecule has 0 saturated carbocycles. The SMILES string of the molecule is COc1c(C)cc(CC(=O)O)c(O)c1F. The summed E-state index contributed by atoms with van der Waals surface area (Å²) >= 11 is 0. The van der Waals surface area contributed by atoms with E-state index >= 15 is 0 Å². The van der Waals surface area contributed by atoms with Gasteiger partial charge in [0.2, 0.25) is 5.82 Å². The van der Waals surface area contributed by atoms with E-state index < -0.39 is 24.0 Å². The first-order valence-electron chi connectivity index (χ1n) is 4.24. The lowest BCUT2D eigenvalue weighted by atomic mass is 10.1. The summed E-state index contributed by atoms with van der Waals surface area (Å²) in [6.45, 7) is 1.58. The Morgan fingerprint density at radius 3 is 2.67 bits per heavy atom. The van der Waals surface area contributed by atoms with Gasteiger partial charge in [-0.15, -0.1) is 0 Å². The zero-order valence-corrected chi connectivity index (χ0v) is 8.37. The Bertz CT molecular complexity index is 401. The van der Waals surface area contributed by atoms with Crippen LogP contribution in [-0.4, -0.2) is 23.3 Å². The molecule has 82 valence electrons. The molecule has 1 aromatic rings. The maximum atomic E-state index is 13.4. The molecule has 0 fully saturated rings. The zero-order chi connectivity index (χ0) is 11.6. The van der Waals surface area contributed by atoms with Crippen LogP contribution >= 0.6 is 0 Å². The highest BCUT2D eigenvalue weighted by atomic mass is 19.1. The van der Waals surface area contributed by atoms with Crippen LogP contribution in [0.2, 0.25) is 0 Å². The Morgan fingerprint density at radius 1 is 1.60 bits per heavy atom. The third kappa shape index (κ3) is 2.18. The van der Waals surface area contributed by atoms with E-state index in [0.29, 0.717) is 5.56 Å². The fourth-order valence-corrected chi connectivity index (χ4v) is 1.37. The van der Waals surface area contributed by atoms with Crippen molar-refractivity contribution in [1.82, 2.24) is 0 Å². The number of carboxylic acids is 1. The summed E-state index contributed by atoms with van der Waals surface area (Å²) in [4.78, 5) is 10.4. The summed E-state index contributed by atoms with van der Waals surface area (Å²) in [5, 5.41) is 17.9. The molecular weight excluding hydrogens is 203 g/mol. The van der Waals surface area contributed by atoms with Crippen LogP contribution in [0.5, 0.6) is 11.5 Å². The largest absolute Gasteiger partial charge is 0.505 e. The highest BCUT2D eigenvalue weighted by Crippen LogP contribution is 2.32. The summed E-state index contributed by atoms with van der Waals surface area (Å²) in [6.07, 6.45) is -0.423. The summed E-state index contributed by atoms with van der Waals surface area (Å²) in [5.74, 6) is -2.79. The molecule has 0 aliphatic heterocycles. The number of halogens is 1. The van der Waals surface area contributed by atoms with Crippen LogP contribution in [0.15, 0.2) is 6.07 Å². The van der Waals surface area contributed by atoms with Crippen molar-refractivity contribution in [2.24, 2.45) is 0 Å². The first-order chi connectivity index (χ1) is 6.97. The molecule has 1 rings (SSSR count). The Hall–Kier alpha value is -1.78. The van der Waals surface area contributed by atoms with E-state index in [9.17, 15) is 14.3 Å². The number of rotatable bonds is 3. The Morgan fingerprint density at radius 2 is 2.20 bits per heavy atom. The Balaban J connectivity index is 3.27. The molecule has 0 aromatic heterocycles. The van der Waals surface area contributed by atoms with Crippen molar-refractivity contribution in [2.75, 3.05) is 7.11 Å². The average Bonchev–Trinajstić information content (AvgIpc) is 2.14. The maximum Gasteiger partial charge on any atom is 0.307 e. The predicted molar refractivity (Wildman–Crippen MR) is 50.7 cm³/mol. The lowest BCUT2D eigenvalue weighted by Gasteiger charge is -2.10. The van der Waals surface area contributed by atoms with Gasteiger partial charge in [-0.25, -0.2) is 0 Å². The van der Waals surface area contributed by atoms with Crippen LogP contribution in [0.4, 0.5) is 4.39 Å². The van der Waals surface area contributed by atoms with Crippen molar-refractivity contribution in [3.8, 4) is 11.5 Å². The fourth-order valence-electron chi connectivity index (χ4n) is 1.37. The monoisotopic (exact) mass is 214 g/mol. The van der Waals surface area contributed by atoms with Gasteiger partial charge >= 0.3 is 5.97 Å². The van der Waals surface area contributed by atoms with Crippen LogP contribution in [0, 0.1) is 12.7 Å². The molecule has 0 atom stereocenters. The normalized spacial score (nSPS) is 10.1. The third-order valence-corrected chi connectivity index (χ3v) is 2.01. The van der Waals surface area contributed by atoms with Crippen LogP contribution in [0.3, 0.4) is 0 Å². The van der Waals surface area contributed by atoms with Gasteiger partial charge in [0.25, 0.3) is 0 Å². The number of phenolic OH excluding ortho intramolecular Hbond substituents is 1. The van der Waals surface area contributed by atoms with Gasteiger partial charge in [0, 0.05) is 5.56 Å². The minimum Gasteiger partial charge on any atom is -0.505 e. The first-order valence-corrected chi connectivity index (χ1v) is 4.24. The second-order valence-corrected chi connectivity index (χ2v) is 3.12. The van der Waals surface area contributed by atoms with Crippen LogP contribution in [0.25, 0.3) is 0 Å². The summed E-state index contributed by atoms with van der Waals surface area (Å²) in [7, 11) is 1.28. The topological polar surface area (TPSA) is 66.8 Å². The highest BCUT2D eigenvalue weighted by Gasteiger charge is 2.17. The lowest BCUT2D eigenvalue weighted by molar-refractivity contribution is -0.136. The molecule has 2 N–H and O–H groups in total. The van der Waals surface area contributed by atoms with Gasteiger partial charge in [0.1, 0.15) is 0 Å². The number of hydrogen-bond acceptors (Lipinski definition) is 3. The van der Waals surface area contributed by atoms with Crippen molar-refractivity contribution >= 4 is 5.97 Å². The van der Waals surface area contributed by atoms with Gasteiger partial charge in [-0.05, 0) is 18.6 Å². The minimum absolute atomic E-state index is 0.0401. The van der Waals surface area contributed by atoms with Gasteiger partial charge in [-0.2, -0.15) is 4.39 Å². The first kappa shape index (κ1) is 11.3. The Labute approximate surface area is 85.9 Å².